The molecule has 0 aliphatic rings. The molecule has 0 saturated carbocycles. The Labute approximate surface area is 107 Å². The summed E-state index contributed by atoms with van der Waals surface area (Å²) >= 11 is 1.64. The lowest BCUT2D eigenvalue weighted by atomic mass is 10.2. The van der Waals surface area contributed by atoms with Crippen LogP contribution in [0.2, 0.25) is 0 Å². The van der Waals surface area contributed by atoms with E-state index in [0.29, 0.717) is 19.7 Å². The number of thioether (sulfide) groups is 1. The Morgan fingerprint density at radius 3 is 2.24 bits per heavy atom. The maximum atomic E-state index is 11.5. The minimum Gasteiger partial charge on any atom is -0.463 e. The van der Waals surface area contributed by atoms with Crippen molar-refractivity contribution in [2.75, 3.05) is 45.7 Å². The number of rotatable bonds is 9. The molecule has 17 heavy (non-hydrogen) atoms. The summed E-state index contributed by atoms with van der Waals surface area (Å²) in [5, 5.41) is 17.6. The van der Waals surface area contributed by atoms with Crippen LogP contribution in [0.25, 0.3) is 0 Å². The first-order chi connectivity index (χ1) is 7.95. The van der Waals surface area contributed by atoms with E-state index in [9.17, 15) is 4.79 Å². The van der Waals surface area contributed by atoms with E-state index >= 15 is 0 Å². The molecule has 0 bridgehead atoms. The molecule has 5 nitrogen and oxygen atoms in total. The third-order valence-corrected chi connectivity index (χ3v) is 3.54. The average molecular weight is 265 g/mol. The fourth-order valence-electron chi connectivity index (χ4n) is 1.09. The molecule has 6 heteroatoms. The van der Waals surface area contributed by atoms with Gasteiger partial charge in [-0.05, 0) is 20.1 Å². The fraction of sp³-hybridized carbons (Fsp3) is 0.909. The third kappa shape index (κ3) is 8.43. The van der Waals surface area contributed by atoms with Gasteiger partial charge in [0.05, 0.1) is 19.8 Å². The predicted octanol–water partition coefficient (Wildman–Crippen LogP) is -0.0422. The molecule has 0 rings (SSSR count). The normalized spacial score (nSPS) is 11.9. The van der Waals surface area contributed by atoms with Gasteiger partial charge in [0.25, 0.3) is 0 Å². The molecule has 0 saturated heterocycles. The Hall–Kier alpha value is -0.300. The average Bonchev–Trinajstić information content (AvgIpc) is 2.27. The highest BCUT2D eigenvalue weighted by Crippen LogP contribution is 2.21. The van der Waals surface area contributed by atoms with Crippen LogP contribution in [0.4, 0.5) is 0 Å². The van der Waals surface area contributed by atoms with Crippen LogP contribution in [0.15, 0.2) is 0 Å². The van der Waals surface area contributed by atoms with Crippen LogP contribution in [0, 0.1) is 0 Å². The molecule has 2 N–H and O–H groups in total. The standard InChI is InChI=1S/C11H23NO4S/c1-11(2,17-3)9-16-10(15)8-12(4-6-13)5-7-14/h13-14H,4-9H2,1-3H3. The number of carbonyl (C=O) groups excluding carboxylic acids is 1. The molecule has 0 amide bonds. The van der Waals surface area contributed by atoms with Crippen LogP contribution < -0.4 is 0 Å². The van der Waals surface area contributed by atoms with Gasteiger partial charge in [-0.15, -0.1) is 0 Å². The fourth-order valence-corrected chi connectivity index (χ4v) is 1.27. The van der Waals surface area contributed by atoms with Gasteiger partial charge in [-0.1, -0.05) is 0 Å². The van der Waals surface area contributed by atoms with Crippen LogP contribution in [-0.4, -0.2) is 71.5 Å². The van der Waals surface area contributed by atoms with Crippen molar-refractivity contribution in [3.8, 4) is 0 Å². The predicted molar refractivity (Wildman–Crippen MR) is 69.2 cm³/mol. The molecular formula is C11H23NO4S. The van der Waals surface area contributed by atoms with Crippen LogP contribution in [0.3, 0.4) is 0 Å². The lowest BCUT2D eigenvalue weighted by molar-refractivity contribution is -0.145. The maximum absolute atomic E-state index is 11.5. The van der Waals surface area contributed by atoms with Crippen molar-refractivity contribution in [2.45, 2.75) is 18.6 Å². The second-order valence-electron chi connectivity index (χ2n) is 4.35. The first kappa shape index (κ1) is 16.7. The van der Waals surface area contributed by atoms with Crippen molar-refractivity contribution in [3.63, 3.8) is 0 Å². The molecule has 0 unspecified atom stereocenters. The lowest BCUT2D eigenvalue weighted by Gasteiger charge is -2.23. The van der Waals surface area contributed by atoms with Gasteiger partial charge >= 0.3 is 5.97 Å². The number of aliphatic hydroxyl groups is 2. The van der Waals surface area contributed by atoms with Crippen LogP contribution in [-0.2, 0) is 9.53 Å². The smallest absolute Gasteiger partial charge is 0.320 e. The molecule has 0 aromatic rings. The molecule has 0 fully saturated rings. The molecule has 0 aromatic heterocycles. The van der Waals surface area contributed by atoms with Gasteiger partial charge in [-0.25, -0.2) is 0 Å². The highest BCUT2D eigenvalue weighted by atomic mass is 32.2. The second kappa shape index (κ2) is 8.74. The SMILES string of the molecule is CSC(C)(C)COC(=O)CN(CCO)CCO. The summed E-state index contributed by atoms with van der Waals surface area (Å²) in [6.07, 6.45) is 1.97. The van der Waals surface area contributed by atoms with Crippen LogP contribution >= 0.6 is 11.8 Å². The number of aliphatic hydroxyl groups excluding tert-OH is 2. The van der Waals surface area contributed by atoms with Crippen LogP contribution in [0.5, 0.6) is 0 Å². The Bertz CT molecular complexity index is 218. The summed E-state index contributed by atoms with van der Waals surface area (Å²) in [6, 6.07) is 0. The monoisotopic (exact) mass is 265 g/mol. The quantitative estimate of drug-likeness (QED) is 0.570. The summed E-state index contributed by atoms with van der Waals surface area (Å²) in [5.41, 5.74) is 0. The van der Waals surface area contributed by atoms with Crippen molar-refractivity contribution in [1.29, 1.82) is 0 Å². The molecule has 0 aliphatic heterocycles. The molecule has 0 radical (unpaired) electrons. The van der Waals surface area contributed by atoms with Gasteiger partial charge in [-0.3, -0.25) is 9.69 Å². The van der Waals surface area contributed by atoms with E-state index in [4.69, 9.17) is 14.9 Å². The first-order valence-corrected chi connectivity index (χ1v) is 6.82. The van der Waals surface area contributed by atoms with Crippen molar-refractivity contribution in [2.24, 2.45) is 0 Å². The van der Waals surface area contributed by atoms with Gasteiger partial charge in [0.1, 0.15) is 6.61 Å². The minimum atomic E-state index is -0.325. The Kier molecular flexibility index (Phi) is 8.59. The van der Waals surface area contributed by atoms with E-state index in [-0.39, 0.29) is 30.5 Å². The Morgan fingerprint density at radius 1 is 1.29 bits per heavy atom. The zero-order valence-electron chi connectivity index (χ0n) is 10.8. The molecule has 0 spiro atoms. The summed E-state index contributed by atoms with van der Waals surface area (Å²) in [4.78, 5) is 13.2. The Morgan fingerprint density at radius 2 is 1.82 bits per heavy atom. The van der Waals surface area contributed by atoms with E-state index in [1.807, 2.05) is 20.1 Å². The molecule has 0 aliphatic carbocycles. The van der Waals surface area contributed by atoms with Crippen LogP contribution in [0.1, 0.15) is 13.8 Å². The summed E-state index contributed by atoms with van der Waals surface area (Å²) in [7, 11) is 0. The zero-order valence-corrected chi connectivity index (χ0v) is 11.6. The maximum Gasteiger partial charge on any atom is 0.320 e. The van der Waals surface area contributed by atoms with Gasteiger partial charge in [0.15, 0.2) is 0 Å². The van der Waals surface area contributed by atoms with Crippen molar-refractivity contribution < 1.29 is 19.7 Å². The summed E-state index contributed by atoms with van der Waals surface area (Å²) in [6.45, 7) is 5.12. The molecule has 0 aromatic carbocycles. The zero-order chi connectivity index (χ0) is 13.3. The van der Waals surface area contributed by atoms with Crippen molar-refractivity contribution in [1.82, 2.24) is 4.90 Å². The largest absolute Gasteiger partial charge is 0.463 e. The number of nitrogens with zero attached hydrogens (tertiary/aromatic N) is 1. The van der Waals surface area contributed by atoms with E-state index in [2.05, 4.69) is 0 Å². The third-order valence-electron chi connectivity index (χ3n) is 2.32. The highest BCUT2D eigenvalue weighted by molar-refractivity contribution is 7.99. The first-order valence-electron chi connectivity index (χ1n) is 5.60. The number of ether oxygens (including phenoxy) is 1. The van der Waals surface area contributed by atoms with E-state index in [0.717, 1.165) is 0 Å². The molecule has 102 valence electrons. The van der Waals surface area contributed by atoms with Crippen molar-refractivity contribution >= 4 is 17.7 Å². The van der Waals surface area contributed by atoms with Gasteiger partial charge in [0.2, 0.25) is 0 Å². The van der Waals surface area contributed by atoms with E-state index < -0.39 is 0 Å². The molecule has 0 atom stereocenters. The lowest BCUT2D eigenvalue weighted by Crippen LogP contribution is -2.36. The number of carbonyl (C=O) groups is 1. The number of esters is 1. The number of hydrogen-bond acceptors (Lipinski definition) is 6. The van der Waals surface area contributed by atoms with Gasteiger partial charge < -0.3 is 14.9 Å². The van der Waals surface area contributed by atoms with E-state index in [1.54, 1.807) is 16.7 Å². The topological polar surface area (TPSA) is 70.0 Å². The van der Waals surface area contributed by atoms with Gasteiger partial charge in [-0.2, -0.15) is 11.8 Å². The van der Waals surface area contributed by atoms with Crippen molar-refractivity contribution in [3.05, 3.63) is 0 Å². The molecule has 0 heterocycles. The number of hydrogen-bond donors (Lipinski definition) is 2. The molecular weight excluding hydrogens is 242 g/mol. The second-order valence-corrected chi connectivity index (χ2v) is 5.86. The summed E-state index contributed by atoms with van der Waals surface area (Å²) < 4.78 is 5.07. The Balaban J connectivity index is 3.97. The highest BCUT2D eigenvalue weighted by Gasteiger charge is 2.19. The minimum absolute atomic E-state index is 0.0381. The van der Waals surface area contributed by atoms with Gasteiger partial charge in [0, 0.05) is 17.8 Å². The van der Waals surface area contributed by atoms with E-state index in [1.165, 1.54) is 0 Å². The summed E-state index contributed by atoms with van der Waals surface area (Å²) in [5.74, 6) is -0.325.